The minimum Gasteiger partial charge on any atom is -0.396 e. The Kier molecular flexibility index (Phi) is 6.50. The molecule has 0 aromatic carbocycles. The van der Waals surface area contributed by atoms with E-state index in [4.69, 9.17) is 0 Å². The van der Waals surface area contributed by atoms with Crippen LogP contribution in [0.25, 0.3) is 0 Å². The lowest BCUT2D eigenvalue weighted by Crippen LogP contribution is -2.58. The van der Waals surface area contributed by atoms with Gasteiger partial charge in [0.2, 0.25) is 5.95 Å². The largest absolute Gasteiger partial charge is 0.396 e. The molecule has 30 heavy (non-hydrogen) atoms. The Morgan fingerprint density at radius 1 is 1.23 bits per heavy atom. The molecule has 0 radical (unpaired) electrons. The fourth-order valence-electron chi connectivity index (χ4n) is 3.59. The highest BCUT2D eigenvalue weighted by Gasteiger charge is 2.42. The van der Waals surface area contributed by atoms with Crippen LogP contribution < -0.4 is 15.5 Å². The van der Waals surface area contributed by atoms with Crippen molar-refractivity contribution in [3.8, 4) is 0 Å². The molecule has 9 nitrogen and oxygen atoms in total. The number of aliphatic hydroxyl groups is 1. The van der Waals surface area contributed by atoms with E-state index in [-0.39, 0.29) is 23.8 Å². The van der Waals surface area contributed by atoms with Gasteiger partial charge in [0.15, 0.2) is 11.5 Å². The molecule has 1 aliphatic heterocycles. The molecule has 3 heterocycles. The van der Waals surface area contributed by atoms with Crippen LogP contribution in [0.4, 0.5) is 17.6 Å². The van der Waals surface area contributed by atoms with Gasteiger partial charge in [0.05, 0.1) is 6.61 Å². The van der Waals surface area contributed by atoms with Crippen LogP contribution in [0.3, 0.4) is 0 Å². The quantitative estimate of drug-likeness (QED) is 0.604. The number of carbonyl (C=O) groups is 1. The van der Waals surface area contributed by atoms with E-state index in [1.165, 1.54) is 0 Å². The van der Waals surface area contributed by atoms with Gasteiger partial charge in [0.1, 0.15) is 5.82 Å². The SMILES string of the molecule is CCC(C)c1cc(Nc2cc(C)nc(N3CC(CC)(CO)C3)n2)nnc1C(=O)NC. The van der Waals surface area contributed by atoms with Gasteiger partial charge >= 0.3 is 0 Å². The molecule has 1 unspecified atom stereocenters. The number of hydrogen-bond donors (Lipinski definition) is 3. The number of nitrogens with zero attached hydrogens (tertiary/aromatic N) is 5. The number of aliphatic hydroxyl groups excluding tert-OH is 1. The standard InChI is InChI=1S/C21H31N7O2/c1-6-13(3)15-9-17(26-27-18(15)19(30)22-5)24-16-8-14(4)23-20(25-16)28-10-21(7-2,11-28)12-29/h8-9,13,29H,6-7,10-12H2,1-5H3,(H,22,30)(H,23,24,25,26). The third-order valence-corrected chi connectivity index (χ3v) is 5.93. The highest BCUT2D eigenvalue weighted by atomic mass is 16.3. The number of rotatable bonds is 8. The maximum Gasteiger partial charge on any atom is 0.271 e. The van der Waals surface area contributed by atoms with Crippen molar-refractivity contribution in [2.45, 2.75) is 46.5 Å². The summed E-state index contributed by atoms with van der Waals surface area (Å²) in [5, 5.41) is 23.8. The average Bonchev–Trinajstić information content (AvgIpc) is 2.72. The van der Waals surface area contributed by atoms with Crippen molar-refractivity contribution in [3.05, 3.63) is 29.1 Å². The topological polar surface area (TPSA) is 116 Å². The van der Waals surface area contributed by atoms with Gasteiger partial charge in [-0.25, -0.2) is 4.98 Å². The molecule has 0 saturated carbocycles. The van der Waals surface area contributed by atoms with Crippen LogP contribution in [0.1, 0.15) is 61.3 Å². The smallest absolute Gasteiger partial charge is 0.271 e. The summed E-state index contributed by atoms with van der Waals surface area (Å²) in [6.45, 7) is 9.78. The lowest BCUT2D eigenvalue weighted by molar-refractivity contribution is 0.0871. The molecular weight excluding hydrogens is 382 g/mol. The van der Waals surface area contributed by atoms with E-state index in [2.05, 4.69) is 56.5 Å². The van der Waals surface area contributed by atoms with E-state index in [1.807, 2.05) is 19.1 Å². The molecule has 3 rings (SSSR count). The predicted molar refractivity (Wildman–Crippen MR) is 116 cm³/mol. The first-order chi connectivity index (χ1) is 14.3. The van der Waals surface area contributed by atoms with Crippen LogP contribution >= 0.6 is 0 Å². The number of aryl methyl sites for hydroxylation is 1. The Morgan fingerprint density at radius 3 is 2.57 bits per heavy atom. The summed E-state index contributed by atoms with van der Waals surface area (Å²) in [6, 6.07) is 3.71. The van der Waals surface area contributed by atoms with Crippen LogP contribution in [0.15, 0.2) is 12.1 Å². The van der Waals surface area contributed by atoms with Crippen LogP contribution in [0.2, 0.25) is 0 Å². The minimum atomic E-state index is -0.245. The van der Waals surface area contributed by atoms with Gasteiger partial charge in [0.25, 0.3) is 5.91 Å². The summed E-state index contributed by atoms with van der Waals surface area (Å²) in [5.41, 5.74) is 1.96. The first-order valence-corrected chi connectivity index (χ1v) is 10.4. The molecule has 0 bridgehead atoms. The molecule has 162 valence electrons. The molecule has 0 spiro atoms. The molecule has 1 aliphatic rings. The monoisotopic (exact) mass is 413 g/mol. The van der Waals surface area contributed by atoms with Crippen molar-refractivity contribution in [1.29, 1.82) is 0 Å². The van der Waals surface area contributed by atoms with Crippen molar-refractivity contribution in [2.75, 3.05) is 37.0 Å². The fraction of sp³-hybridized carbons (Fsp3) is 0.571. The third kappa shape index (κ3) is 4.35. The van der Waals surface area contributed by atoms with Crippen molar-refractivity contribution in [3.63, 3.8) is 0 Å². The Morgan fingerprint density at radius 2 is 1.97 bits per heavy atom. The minimum absolute atomic E-state index is 0.0625. The first kappa shape index (κ1) is 21.9. The second-order valence-electron chi connectivity index (χ2n) is 8.11. The highest BCUT2D eigenvalue weighted by molar-refractivity contribution is 5.93. The number of carbonyl (C=O) groups excluding carboxylic acids is 1. The second-order valence-corrected chi connectivity index (χ2v) is 8.11. The second kappa shape index (κ2) is 8.91. The molecule has 3 N–H and O–H groups in total. The Balaban J connectivity index is 1.84. The van der Waals surface area contributed by atoms with E-state index < -0.39 is 0 Å². The van der Waals surface area contributed by atoms with Crippen LogP contribution in [-0.4, -0.2) is 57.9 Å². The number of aromatic nitrogens is 4. The maximum atomic E-state index is 12.2. The molecule has 2 aromatic heterocycles. The van der Waals surface area contributed by atoms with Gasteiger partial charge in [-0.1, -0.05) is 20.8 Å². The summed E-state index contributed by atoms with van der Waals surface area (Å²) in [5.74, 6) is 1.70. The Bertz CT molecular complexity index is 906. The van der Waals surface area contributed by atoms with Crippen LogP contribution in [0, 0.1) is 12.3 Å². The Labute approximate surface area is 177 Å². The lowest BCUT2D eigenvalue weighted by atomic mass is 9.78. The molecule has 1 fully saturated rings. The van der Waals surface area contributed by atoms with Crippen molar-refractivity contribution < 1.29 is 9.90 Å². The molecule has 2 aromatic rings. The summed E-state index contributed by atoms with van der Waals surface area (Å²) in [7, 11) is 1.58. The van der Waals surface area contributed by atoms with Crippen molar-refractivity contribution in [1.82, 2.24) is 25.5 Å². The molecule has 1 atom stereocenters. The predicted octanol–water partition coefficient (Wildman–Crippen LogP) is 2.40. The van der Waals surface area contributed by atoms with Gasteiger partial charge in [-0.15, -0.1) is 10.2 Å². The van der Waals surface area contributed by atoms with Gasteiger partial charge in [-0.2, -0.15) is 4.98 Å². The molecule has 1 saturated heterocycles. The van der Waals surface area contributed by atoms with Gasteiger partial charge in [-0.3, -0.25) is 4.79 Å². The zero-order valence-electron chi connectivity index (χ0n) is 18.4. The van der Waals surface area contributed by atoms with Gasteiger partial charge in [0, 0.05) is 37.3 Å². The number of nitrogens with one attached hydrogen (secondary N) is 2. The summed E-state index contributed by atoms with van der Waals surface area (Å²) < 4.78 is 0. The van der Waals surface area contributed by atoms with Crippen LogP contribution in [-0.2, 0) is 0 Å². The summed E-state index contributed by atoms with van der Waals surface area (Å²) in [6.07, 6.45) is 1.80. The van der Waals surface area contributed by atoms with Crippen molar-refractivity contribution in [2.24, 2.45) is 5.41 Å². The number of hydrogen-bond acceptors (Lipinski definition) is 8. The van der Waals surface area contributed by atoms with E-state index in [1.54, 1.807) is 7.05 Å². The first-order valence-electron chi connectivity index (χ1n) is 10.4. The van der Waals surface area contributed by atoms with E-state index in [0.29, 0.717) is 23.3 Å². The lowest BCUT2D eigenvalue weighted by Gasteiger charge is -2.49. The van der Waals surface area contributed by atoms with E-state index in [0.717, 1.165) is 37.2 Å². The van der Waals surface area contributed by atoms with Gasteiger partial charge in [-0.05, 0) is 37.3 Å². The molecule has 0 aliphatic carbocycles. The zero-order valence-corrected chi connectivity index (χ0v) is 18.4. The Hall–Kier alpha value is -2.81. The van der Waals surface area contributed by atoms with E-state index >= 15 is 0 Å². The van der Waals surface area contributed by atoms with Gasteiger partial charge < -0.3 is 20.6 Å². The zero-order chi connectivity index (χ0) is 21.9. The molecule has 9 heteroatoms. The summed E-state index contributed by atoms with van der Waals surface area (Å²) in [4.78, 5) is 23.4. The molecular formula is C21H31N7O2. The third-order valence-electron chi connectivity index (χ3n) is 5.93. The molecule has 1 amide bonds. The maximum absolute atomic E-state index is 12.2. The van der Waals surface area contributed by atoms with Crippen LogP contribution in [0.5, 0.6) is 0 Å². The normalized spacial score (nSPS) is 16.0. The number of amides is 1. The fourth-order valence-corrected chi connectivity index (χ4v) is 3.59. The van der Waals surface area contributed by atoms with E-state index in [9.17, 15) is 9.90 Å². The average molecular weight is 414 g/mol. The van der Waals surface area contributed by atoms with Crippen molar-refractivity contribution >= 4 is 23.5 Å². The number of anilines is 3. The summed E-state index contributed by atoms with van der Waals surface area (Å²) >= 11 is 0. The highest BCUT2D eigenvalue weighted by Crippen LogP contribution is 2.36.